The van der Waals surface area contributed by atoms with Gasteiger partial charge in [0.25, 0.3) is 21.6 Å². The number of nitrogens with zero attached hydrogens (tertiary/aromatic N) is 6. The summed E-state index contributed by atoms with van der Waals surface area (Å²) in [5, 5.41) is 16.5. The number of thioether (sulfide) groups is 1. The van der Waals surface area contributed by atoms with Gasteiger partial charge >= 0.3 is 0 Å². The number of allylic oxidation sites excluding steroid dienone is 4. The Morgan fingerprint density at radius 2 is 1.59 bits per heavy atom. The lowest BCUT2D eigenvalue weighted by atomic mass is 9.92. The second-order valence-corrected chi connectivity index (χ2v) is 20.6. The molecule has 3 aliphatic rings. The van der Waals surface area contributed by atoms with Crippen LogP contribution < -0.4 is 19.8 Å². The van der Waals surface area contributed by atoms with Crippen molar-refractivity contribution in [1.29, 1.82) is 0 Å². The Balaban J connectivity index is 0.932. The molecule has 66 heavy (non-hydrogen) atoms. The van der Waals surface area contributed by atoms with Gasteiger partial charge in [-0.3, -0.25) is 19.6 Å². The summed E-state index contributed by atoms with van der Waals surface area (Å²) < 4.78 is 32.1. The molecular weight excluding hydrogens is 892 g/mol. The number of hydrogen-bond acceptors (Lipinski definition) is 10. The lowest BCUT2D eigenvalue weighted by Crippen LogP contribution is -2.46. The molecule has 2 aliphatic heterocycles. The third kappa shape index (κ3) is 10.6. The van der Waals surface area contributed by atoms with E-state index in [0.717, 1.165) is 127 Å². The quantitative estimate of drug-likeness (QED) is 0.0527. The van der Waals surface area contributed by atoms with Gasteiger partial charge in [-0.2, -0.15) is 0 Å². The number of carbonyl (C=O) groups excluding carboxylic acids is 1. The largest absolute Gasteiger partial charge is 0.376 e. The molecule has 1 aliphatic carbocycles. The summed E-state index contributed by atoms with van der Waals surface area (Å²) in [5.74, 6) is 0.752. The summed E-state index contributed by atoms with van der Waals surface area (Å²) in [5.41, 5.74) is 8.30. The molecule has 4 aromatic carbocycles. The summed E-state index contributed by atoms with van der Waals surface area (Å²) in [7, 11) is 1.86. The van der Waals surface area contributed by atoms with E-state index in [1.807, 2.05) is 81.5 Å². The highest BCUT2D eigenvalue weighted by atomic mass is 35.5. The molecule has 3 heterocycles. The Kier molecular flexibility index (Phi) is 14.5. The van der Waals surface area contributed by atoms with Crippen molar-refractivity contribution in [2.24, 2.45) is 7.05 Å². The van der Waals surface area contributed by atoms with Gasteiger partial charge in [-0.1, -0.05) is 48.0 Å². The highest BCUT2D eigenvalue weighted by Crippen LogP contribution is 2.42. The number of carbonyl (C=O) groups is 1. The Labute approximate surface area is 397 Å². The topological polar surface area (TPSA) is 136 Å². The van der Waals surface area contributed by atoms with Crippen molar-refractivity contribution >= 4 is 73.3 Å². The van der Waals surface area contributed by atoms with E-state index >= 15 is 0 Å². The maximum absolute atomic E-state index is 14.0. The van der Waals surface area contributed by atoms with Crippen LogP contribution in [-0.2, 0) is 17.1 Å². The van der Waals surface area contributed by atoms with Gasteiger partial charge in [0.05, 0.1) is 21.1 Å². The zero-order chi connectivity index (χ0) is 46.5. The minimum absolute atomic E-state index is 0.0820. The monoisotopic (exact) mass is 948 g/mol. The molecule has 13 nitrogen and oxygen atoms in total. The van der Waals surface area contributed by atoms with Crippen LogP contribution in [0.3, 0.4) is 0 Å². The van der Waals surface area contributed by atoms with E-state index in [1.165, 1.54) is 17.7 Å². The molecule has 0 spiro atoms. The van der Waals surface area contributed by atoms with E-state index in [0.29, 0.717) is 11.4 Å². The van der Waals surface area contributed by atoms with Gasteiger partial charge in [-0.15, -0.1) is 11.8 Å². The van der Waals surface area contributed by atoms with Crippen molar-refractivity contribution in [2.45, 2.75) is 48.4 Å². The van der Waals surface area contributed by atoms with Crippen molar-refractivity contribution in [3.8, 4) is 11.1 Å². The Morgan fingerprint density at radius 1 is 0.879 bits per heavy atom. The number of anilines is 4. The maximum Gasteiger partial charge on any atom is 0.293 e. The highest BCUT2D eigenvalue weighted by molar-refractivity contribution is 7.99. The van der Waals surface area contributed by atoms with E-state index in [-0.39, 0.29) is 28.2 Å². The van der Waals surface area contributed by atoms with Crippen molar-refractivity contribution in [1.82, 2.24) is 14.4 Å². The number of sulfonamides is 1. The summed E-state index contributed by atoms with van der Waals surface area (Å²) >= 11 is 8.04. The van der Waals surface area contributed by atoms with E-state index in [9.17, 15) is 23.3 Å². The zero-order valence-corrected chi connectivity index (χ0v) is 40.3. The lowest BCUT2D eigenvalue weighted by Gasteiger charge is -2.37. The molecule has 2 N–H and O–H groups in total. The van der Waals surface area contributed by atoms with Crippen molar-refractivity contribution < 1.29 is 18.1 Å². The first kappa shape index (κ1) is 46.8. The molecule has 5 aromatic rings. The molecule has 2 saturated heterocycles. The van der Waals surface area contributed by atoms with E-state index in [2.05, 4.69) is 59.6 Å². The summed E-state index contributed by atoms with van der Waals surface area (Å²) in [4.78, 5) is 35.3. The molecule has 0 unspecified atom stereocenters. The fraction of sp³-hybridized carbons (Fsp3) is 0.340. The number of halogens is 1. The average Bonchev–Trinajstić information content (AvgIpc) is 3.56. The van der Waals surface area contributed by atoms with E-state index in [1.54, 1.807) is 23.9 Å². The predicted molar refractivity (Wildman–Crippen MR) is 270 cm³/mol. The highest BCUT2D eigenvalue weighted by Gasteiger charge is 2.32. The van der Waals surface area contributed by atoms with Gasteiger partial charge in [0.15, 0.2) is 0 Å². The molecule has 0 bridgehead atoms. The molecule has 0 radical (unpaired) electrons. The number of hydrogen-bond donors (Lipinski definition) is 2. The van der Waals surface area contributed by atoms with Crippen LogP contribution in [0, 0.1) is 17.0 Å². The van der Waals surface area contributed by atoms with Gasteiger partial charge < -0.3 is 29.5 Å². The smallest absolute Gasteiger partial charge is 0.293 e. The summed E-state index contributed by atoms with van der Waals surface area (Å²) in [6, 6.07) is 29.6. The molecule has 1 atom stereocenters. The average molecular weight is 950 g/mol. The second kappa shape index (κ2) is 20.4. The minimum Gasteiger partial charge on any atom is -0.376 e. The standard InChI is InChI=1S/C50H57ClN8O5S2/c1-35-47(50(60)58-25-9-26-58)48(49(55(35)4)36-14-16-38(51)17-15-36)37-10-8-11-42(32-37)57-30-28-56(29-31-57)41-20-18-39(19-21-41)53-66(63,64)44-22-23-45(46(33-44)59(61)62)52-40(24-27-54(2)3)34-65-43-12-6-5-7-13-43/h5-8,10-14,16,18-23,32-33,40,52-53H,9,15,17,24-31,34H2,1-4H3/t40-/m1/s1. The first-order valence-corrected chi connectivity index (χ1v) is 25.3. The van der Waals surface area contributed by atoms with Crippen LogP contribution in [0.1, 0.15) is 47.4 Å². The third-order valence-corrected chi connectivity index (χ3v) is 15.5. The Hall–Kier alpha value is -5.74. The predicted octanol–water partition coefficient (Wildman–Crippen LogP) is 9.71. The Bertz CT molecular complexity index is 2750. The molecule has 346 valence electrons. The minimum atomic E-state index is -4.15. The van der Waals surface area contributed by atoms with Gasteiger partial charge in [0, 0.05) is 102 Å². The van der Waals surface area contributed by atoms with E-state index < -0.39 is 14.9 Å². The van der Waals surface area contributed by atoms with Crippen LogP contribution in [-0.4, -0.2) is 105 Å². The van der Waals surface area contributed by atoms with Gasteiger partial charge in [-0.25, -0.2) is 8.42 Å². The van der Waals surface area contributed by atoms with Crippen LogP contribution in [0.15, 0.2) is 124 Å². The van der Waals surface area contributed by atoms with Crippen molar-refractivity contribution in [3.63, 3.8) is 0 Å². The van der Waals surface area contributed by atoms with Gasteiger partial charge in [0.1, 0.15) is 5.69 Å². The number of rotatable bonds is 17. The SMILES string of the molecule is Cc1c(C(=O)N2CCC2)c(-c2cccc(N3CCN(c4ccc(NS(=O)(=O)c5ccc(N[C@H](CCN(C)C)CSc6ccccc6)c([N+](=O)[O-])c5)cc4)CC3)c2)c(C2=CC=C(Cl)CC2)n1C. The number of amides is 1. The molecule has 1 amide bonds. The Morgan fingerprint density at radius 3 is 2.23 bits per heavy atom. The van der Waals surface area contributed by atoms with Crippen LogP contribution in [0.5, 0.6) is 0 Å². The van der Waals surface area contributed by atoms with Crippen LogP contribution in [0.25, 0.3) is 16.7 Å². The number of aromatic nitrogens is 1. The lowest BCUT2D eigenvalue weighted by molar-refractivity contribution is -0.384. The first-order valence-electron chi connectivity index (χ1n) is 22.4. The summed E-state index contributed by atoms with van der Waals surface area (Å²) in [6.45, 7) is 7.38. The first-order chi connectivity index (χ1) is 31.8. The molecular formula is C50H57ClN8O5S2. The van der Waals surface area contributed by atoms with Crippen LogP contribution >= 0.6 is 23.4 Å². The number of benzene rings is 4. The number of piperazine rings is 1. The molecule has 16 heteroatoms. The molecule has 0 saturated carbocycles. The fourth-order valence-electron chi connectivity index (χ4n) is 8.74. The third-order valence-electron chi connectivity index (χ3n) is 12.7. The summed E-state index contributed by atoms with van der Waals surface area (Å²) in [6.07, 6.45) is 7.39. The normalized spacial score (nSPS) is 15.8. The number of nitro groups is 1. The fourth-order valence-corrected chi connectivity index (χ4v) is 11.0. The molecule has 1 aromatic heterocycles. The number of nitrogens with one attached hydrogen (secondary N) is 2. The van der Waals surface area contributed by atoms with Gasteiger partial charge in [-0.05, 0) is 131 Å². The van der Waals surface area contributed by atoms with Gasteiger partial charge in [0.2, 0.25) is 0 Å². The number of nitro benzene ring substituents is 1. The second-order valence-electron chi connectivity index (χ2n) is 17.4. The maximum atomic E-state index is 14.0. The van der Waals surface area contributed by atoms with Crippen LogP contribution in [0.4, 0.5) is 28.4 Å². The van der Waals surface area contributed by atoms with E-state index in [4.69, 9.17) is 11.6 Å². The molecule has 2 fully saturated rings. The zero-order valence-electron chi connectivity index (χ0n) is 37.9. The van der Waals surface area contributed by atoms with Crippen molar-refractivity contribution in [3.05, 3.63) is 141 Å². The molecule has 8 rings (SSSR count). The van der Waals surface area contributed by atoms with Crippen LogP contribution in [0.2, 0.25) is 0 Å². The van der Waals surface area contributed by atoms with Crippen molar-refractivity contribution in [2.75, 3.05) is 85.5 Å². The number of likely N-dealkylation sites (tertiary alicyclic amines) is 1.